The number of nitrogens with zero attached hydrogens (tertiary/aromatic N) is 2. The van der Waals surface area contributed by atoms with Crippen molar-refractivity contribution < 1.29 is 19.1 Å². The van der Waals surface area contributed by atoms with Gasteiger partial charge in [0.25, 0.3) is 0 Å². The second-order valence-electron chi connectivity index (χ2n) is 7.20. The maximum atomic E-state index is 12.7. The fourth-order valence-corrected chi connectivity index (χ4v) is 3.89. The molecule has 1 heterocycles. The molecule has 0 atom stereocenters. The van der Waals surface area contributed by atoms with Gasteiger partial charge in [-0.2, -0.15) is 0 Å². The van der Waals surface area contributed by atoms with E-state index >= 15 is 0 Å². The quantitative estimate of drug-likeness (QED) is 0.798. The topological polar surface area (TPSA) is 79.0 Å². The van der Waals surface area contributed by atoms with Gasteiger partial charge in [0, 0.05) is 38.0 Å². The van der Waals surface area contributed by atoms with Gasteiger partial charge in [-0.15, -0.1) is 0 Å². The molecule has 1 aromatic rings. The molecule has 146 valence electrons. The van der Waals surface area contributed by atoms with E-state index in [1.165, 1.54) is 0 Å². The number of piperazine rings is 1. The summed E-state index contributed by atoms with van der Waals surface area (Å²) in [5, 5.41) is 2.95. The largest absolute Gasteiger partial charge is 0.495 e. The lowest BCUT2D eigenvalue weighted by molar-refractivity contribution is -0.140. The monoisotopic (exact) mass is 373 g/mol. The maximum absolute atomic E-state index is 12.7. The van der Waals surface area contributed by atoms with Crippen LogP contribution in [0.25, 0.3) is 0 Å². The number of para-hydroxylation sites is 2. The first-order valence-electron chi connectivity index (χ1n) is 9.54. The first-order chi connectivity index (χ1) is 13.1. The molecule has 0 radical (unpaired) electrons. The zero-order valence-corrected chi connectivity index (χ0v) is 15.7. The van der Waals surface area contributed by atoms with Crippen molar-refractivity contribution in [3.05, 3.63) is 24.3 Å². The standard InChI is InChI=1S/C20H27N3O4/c1-27-18-5-3-2-4-17(18)21-19(25)15-6-8-16(9-7-15)20(26)23-12-10-22(14-24)11-13-23/h2-5,14-16H,6-13H2,1H3,(H,21,25). The Morgan fingerprint density at radius 2 is 1.67 bits per heavy atom. The second-order valence-corrected chi connectivity index (χ2v) is 7.20. The Balaban J connectivity index is 1.49. The smallest absolute Gasteiger partial charge is 0.227 e. The number of amides is 3. The van der Waals surface area contributed by atoms with Crippen molar-refractivity contribution >= 4 is 23.9 Å². The van der Waals surface area contributed by atoms with Crippen molar-refractivity contribution in [3.8, 4) is 5.75 Å². The molecule has 1 N–H and O–H groups in total. The minimum Gasteiger partial charge on any atom is -0.495 e. The molecule has 3 rings (SSSR count). The van der Waals surface area contributed by atoms with Gasteiger partial charge in [0.15, 0.2) is 0 Å². The van der Waals surface area contributed by atoms with Gasteiger partial charge < -0.3 is 19.9 Å². The van der Waals surface area contributed by atoms with E-state index in [1.807, 2.05) is 29.2 Å². The van der Waals surface area contributed by atoms with Crippen LogP contribution in [-0.4, -0.2) is 61.3 Å². The van der Waals surface area contributed by atoms with E-state index in [1.54, 1.807) is 12.0 Å². The van der Waals surface area contributed by atoms with Crippen LogP contribution in [0.15, 0.2) is 24.3 Å². The molecule has 27 heavy (non-hydrogen) atoms. The van der Waals surface area contributed by atoms with Crippen molar-refractivity contribution in [2.24, 2.45) is 11.8 Å². The van der Waals surface area contributed by atoms with Gasteiger partial charge in [-0.3, -0.25) is 14.4 Å². The molecule has 0 aromatic heterocycles. The van der Waals surface area contributed by atoms with E-state index in [2.05, 4.69) is 5.32 Å². The third-order valence-electron chi connectivity index (χ3n) is 5.59. The Bertz CT molecular complexity index is 678. The molecule has 3 amide bonds. The minimum atomic E-state index is -0.0779. The maximum Gasteiger partial charge on any atom is 0.227 e. The van der Waals surface area contributed by atoms with Crippen molar-refractivity contribution in [2.45, 2.75) is 25.7 Å². The van der Waals surface area contributed by atoms with Crippen molar-refractivity contribution in [1.82, 2.24) is 9.80 Å². The molecule has 0 spiro atoms. The Morgan fingerprint density at radius 3 is 2.30 bits per heavy atom. The number of ether oxygens (including phenoxy) is 1. The zero-order valence-electron chi connectivity index (χ0n) is 15.7. The average Bonchev–Trinajstić information content (AvgIpc) is 2.73. The van der Waals surface area contributed by atoms with E-state index in [0.29, 0.717) is 50.5 Å². The SMILES string of the molecule is COc1ccccc1NC(=O)C1CCC(C(=O)N2CCN(C=O)CC2)CC1. The summed E-state index contributed by atoms with van der Waals surface area (Å²) in [5.74, 6) is 0.715. The second kappa shape index (κ2) is 8.88. The predicted molar refractivity (Wildman–Crippen MR) is 101 cm³/mol. The van der Waals surface area contributed by atoms with Crippen LogP contribution in [0.3, 0.4) is 0 Å². The van der Waals surface area contributed by atoms with Crippen LogP contribution >= 0.6 is 0 Å². The molecule has 0 bridgehead atoms. The molecule has 1 saturated heterocycles. The summed E-state index contributed by atoms with van der Waals surface area (Å²) in [6.07, 6.45) is 3.73. The summed E-state index contributed by atoms with van der Waals surface area (Å²) in [6.45, 7) is 2.41. The van der Waals surface area contributed by atoms with E-state index < -0.39 is 0 Å². The minimum absolute atomic E-state index is 0.00926. The number of carbonyl (C=O) groups excluding carboxylic acids is 3. The van der Waals surface area contributed by atoms with Gasteiger partial charge in [0.05, 0.1) is 12.8 Å². The molecular formula is C20H27N3O4. The summed E-state index contributed by atoms with van der Waals surface area (Å²) in [7, 11) is 1.58. The van der Waals surface area contributed by atoms with Gasteiger partial charge in [0.1, 0.15) is 5.75 Å². The number of benzene rings is 1. The number of rotatable bonds is 5. The lowest BCUT2D eigenvalue weighted by atomic mass is 9.80. The van der Waals surface area contributed by atoms with E-state index in [-0.39, 0.29) is 23.7 Å². The van der Waals surface area contributed by atoms with Crippen LogP contribution in [0.2, 0.25) is 0 Å². The molecule has 1 saturated carbocycles. The van der Waals surface area contributed by atoms with Crippen molar-refractivity contribution in [2.75, 3.05) is 38.6 Å². The van der Waals surface area contributed by atoms with Gasteiger partial charge in [-0.25, -0.2) is 0 Å². The molecule has 1 aliphatic heterocycles. The van der Waals surface area contributed by atoms with Gasteiger partial charge in [-0.05, 0) is 37.8 Å². The number of anilines is 1. The highest BCUT2D eigenvalue weighted by atomic mass is 16.5. The first kappa shape index (κ1) is 19.2. The van der Waals surface area contributed by atoms with E-state index in [4.69, 9.17) is 4.74 Å². The summed E-state index contributed by atoms with van der Waals surface area (Å²) in [4.78, 5) is 39.6. The van der Waals surface area contributed by atoms with Crippen LogP contribution < -0.4 is 10.1 Å². The van der Waals surface area contributed by atoms with Crippen LogP contribution in [0.1, 0.15) is 25.7 Å². The molecule has 7 heteroatoms. The van der Waals surface area contributed by atoms with Crippen LogP contribution in [0.4, 0.5) is 5.69 Å². The summed E-state index contributed by atoms with van der Waals surface area (Å²) < 4.78 is 5.27. The average molecular weight is 373 g/mol. The van der Waals surface area contributed by atoms with Gasteiger partial charge >= 0.3 is 0 Å². The molecular weight excluding hydrogens is 346 g/mol. The Kier molecular flexibility index (Phi) is 6.32. The third-order valence-corrected chi connectivity index (χ3v) is 5.59. The highest BCUT2D eigenvalue weighted by Gasteiger charge is 2.33. The number of carbonyl (C=O) groups is 3. The highest BCUT2D eigenvalue weighted by molar-refractivity contribution is 5.94. The lowest BCUT2D eigenvalue weighted by Gasteiger charge is -2.36. The number of hydrogen-bond donors (Lipinski definition) is 1. The van der Waals surface area contributed by atoms with E-state index in [9.17, 15) is 14.4 Å². The van der Waals surface area contributed by atoms with Gasteiger partial charge in [-0.1, -0.05) is 12.1 Å². The molecule has 7 nitrogen and oxygen atoms in total. The van der Waals surface area contributed by atoms with E-state index in [0.717, 1.165) is 19.3 Å². The highest BCUT2D eigenvalue weighted by Crippen LogP contribution is 2.32. The fraction of sp³-hybridized carbons (Fsp3) is 0.550. The number of hydrogen-bond acceptors (Lipinski definition) is 4. The molecule has 1 aromatic carbocycles. The number of methoxy groups -OCH3 is 1. The van der Waals surface area contributed by atoms with Crippen LogP contribution in [0.5, 0.6) is 5.75 Å². The Morgan fingerprint density at radius 1 is 1.04 bits per heavy atom. The number of nitrogens with one attached hydrogen (secondary N) is 1. The third kappa shape index (κ3) is 4.59. The normalized spacial score (nSPS) is 22.9. The van der Waals surface area contributed by atoms with Crippen LogP contribution in [0, 0.1) is 11.8 Å². The molecule has 2 fully saturated rings. The van der Waals surface area contributed by atoms with Crippen molar-refractivity contribution in [3.63, 3.8) is 0 Å². The van der Waals surface area contributed by atoms with Crippen LogP contribution in [-0.2, 0) is 14.4 Å². The summed E-state index contributed by atoms with van der Waals surface area (Å²) in [5.41, 5.74) is 0.677. The summed E-state index contributed by atoms with van der Waals surface area (Å²) in [6, 6.07) is 7.36. The van der Waals surface area contributed by atoms with Gasteiger partial charge in [0.2, 0.25) is 18.2 Å². The summed E-state index contributed by atoms with van der Waals surface area (Å²) >= 11 is 0. The molecule has 1 aliphatic carbocycles. The molecule has 0 unspecified atom stereocenters. The fourth-order valence-electron chi connectivity index (χ4n) is 3.89. The lowest BCUT2D eigenvalue weighted by Crippen LogP contribution is -2.50. The molecule has 2 aliphatic rings. The Labute approximate surface area is 159 Å². The predicted octanol–water partition coefficient (Wildman–Crippen LogP) is 1.74. The van der Waals surface area contributed by atoms with Crippen molar-refractivity contribution in [1.29, 1.82) is 0 Å². The Hall–Kier alpha value is -2.57. The first-order valence-corrected chi connectivity index (χ1v) is 9.54. The zero-order chi connectivity index (χ0) is 19.2.